The summed E-state index contributed by atoms with van der Waals surface area (Å²) in [5.74, 6) is -3.35. The van der Waals surface area contributed by atoms with Gasteiger partial charge in [0.1, 0.15) is 6.10 Å². The van der Waals surface area contributed by atoms with Crippen LogP contribution in [0.4, 0.5) is 0 Å². The second-order valence-corrected chi connectivity index (χ2v) is 11.7. The molecule has 200 valence electrons. The third-order valence-electron chi connectivity index (χ3n) is 9.06. The summed E-state index contributed by atoms with van der Waals surface area (Å²) in [7, 11) is 7.29. The Kier molecular flexibility index (Phi) is 7.24. The summed E-state index contributed by atoms with van der Waals surface area (Å²) >= 11 is 0. The van der Waals surface area contributed by atoms with Gasteiger partial charge in [0.05, 0.1) is 30.3 Å². The summed E-state index contributed by atoms with van der Waals surface area (Å²) in [6.45, 7) is 5.23. The van der Waals surface area contributed by atoms with Gasteiger partial charge in [0.15, 0.2) is 0 Å². The minimum atomic E-state index is -1.14. The lowest BCUT2D eigenvalue weighted by Gasteiger charge is -2.55. The zero-order valence-corrected chi connectivity index (χ0v) is 22.2. The number of ether oxygens (including phenoxy) is 2. The number of Topliss-reactive ketones (excluding diaryl/α,β-unsaturated/α-hetero) is 2. The van der Waals surface area contributed by atoms with Crippen LogP contribution in [0.2, 0.25) is 0 Å². The van der Waals surface area contributed by atoms with Gasteiger partial charge in [-0.2, -0.15) is 0 Å². The SMILES string of the molecule is COC[C@H]1OC(=O)C(=CN(C)CCCN(C)C)C2C(=O)C(=O)C3=C([C@H](O)C[C@@]4(C)C3CC[C@@H]4O)[C@]21C. The van der Waals surface area contributed by atoms with Gasteiger partial charge in [0, 0.05) is 43.3 Å². The molecule has 4 aliphatic rings. The molecule has 2 N–H and O–H groups in total. The van der Waals surface area contributed by atoms with Crippen molar-refractivity contribution in [3.05, 3.63) is 22.9 Å². The van der Waals surface area contributed by atoms with Crippen molar-refractivity contribution < 1.29 is 34.1 Å². The normalized spacial score (nSPS) is 39.3. The summed E-state index contributed by atoms with van der Waals surface area (Å²) in [6.07, 6.45) is 1.26. The van der Waals surface area contributed by atoms with Crippen molar-refractivity contribution >= 4 is 17.5 Å². The molecule has 0 radical (unpaired) electrons. The Morgan fingerprint density at radius 1 is 1.11 bits per heavy atom. The van der Waals surface area contributed by atoms with E-state index >= 15 is 0 Å². The topological polar surface area (TPSA) is 117 Å². The van der Waals surface area contributed by atoms with Crippen LogP contribution in [0.5, 0.6) is 0 Å². The maximum Gasteiger partial charge on any atom is 0.336 e. The molecule has 1 saturated heterocycles. The Morgan fingerprint density at radius 2 is 1.81 bits per heavy atom. The number of cyclic esters (lactones) is 1. The molecule has 1 aliphatic heterocycles. The lowest BCUT2D eigenvalue weighted by molar-refractivity contribution is -0.172. The van der Waals surface area contributed by atoms with Gasteiger partial charge in [0.2, 0.25) is 11.6 Å². The zero-order valence-electron chi connectivity index (χ0n) is 22.2. The van der Waals surface area contributed by atoms with Crippen molar-refractivity contribution in [2.45, 2.75) is 57.8 Å². The second-order valence-electron chi connectivity index (χ2n) is 11.7. The van der Waals surface area contributed by atoms with Gasteiger partial charge < -0.3 is 29.5 Å². The fourth-order valence-corrected chi connectivity index (χ4v) is 7.16. The lowest BCUT2D eigenvalue weighted by Crippen LogP contribution is -2.62. The maximum absolute atomic E-state index is 13.8. The summed E-state index contributed by atoms with van der Waals surface area (Å²) < 4.78 is 11.3. The molecule has 2 fully saturated rings. The number of ketones is 2. The molecule has 0 amide bonds. The molecule has 0 aromatic carbocycles. The van der Waals surface area contributed by atoms with Crippen LogP contribution in [-0.4, -0.2) is 104 Å². The quantitative estimate of drug-likeness (QED) is 0.297. The van der Waals surface area contributed by atoms with Gasteiger partial charge in [-0.1, -0.05) is 13.8 Å². The zero-order chi connectivity index (χ0) is 26.6. The van der Waals surface area contributed by atoms with E-state index in [9.17, 15) is 24.6 Å². The monoisotopic (exact) mass is 504 g/mol. The van der Waals surface area contributed by atoms with E-state index in [1.165, 1.54) is 7.11 Å². The van der Waals surface area contributed by atoms with E-state index < -0.39 is 52.6 Å². The van der Waals surface area contributed by atoms with Crippen LogP contribution < -0.4 is 0 Å². The Labute approximate surface area is 213 Å². The molecule has 2 unspecified atom stereocenters. The first-order valence-corrected chi connectivity index (χ1v) is 12.8. The van der Waals surface area contributed by atoms with Crippen molar-refractivity contribution in [1.29, 1.82) is 0 Å². The van der Waals surface area contributed by atoms with Crippen LogP contribution in [0.15, 0.2) is 22.9 Å². The van der Waals surface area contributed by atoms with E-state index in [4.69, 9.17) is 9.47 Å². The van der Waals surface area contributed by atoms with Crippen LogP contribution in [0.3, 0.4) is 0 Å². The number of fused-ring (bicyclic) bond motifs is 4. The number of carbonyl (C=O) groups excluding carboxylic acids is 3. The average molecular weight is 505 g/mol. The number of aliphatic hydroxyl groups excluding tert-OH is 2. The number of carbonyl (C=O) groups is 3. The van der Waals surface area contributed by atoms with Crippen molar-refractivity contribution in [3.63, 3.8) is 0 Å². The first-order valence-electron chi connectivity index (χ1n) is 12.8. The highest BCUT2D eigenvalue weighted by Crippen LogP contribution is 2.62. The Bertz CT molecular complexity index is 1000. The number of methoxy groups -OCH3 is 1. The Balaban J connectivity index is 1.84. The fraction of sp³-hybridized carbons (Fsp3) is 0.741. The highest BCUT2D eigenvalue weighted by atomic mass is 16.6. The summed E-state index contributed by atoms with van der Waals surface area (Å²) in [6, 6.07) is 0. The first-order chi connectivity index (χ1) is 16.9. The third-order valence-corrected chi connectivity index (χ3v) is 9.06. The van der Waals surface area contributed by atoms with Gasteiger partial charge in [-0.25, -0.2) is 4.79 Å². The van der Waals surface area contributed by atoms with Crippen molar-refractivity contribution in [3.8, 4) is 0 Å². The van der Waals surface area contributed by atoms with Crippen molar-refractivity contribution in [1.82, 2.24) is 9.80 Å². The molecular weight excluding hydrogens is 464 g/mol. The molecule has 3 aliphatic carbocycles. The minimum Gasteiger partial charge on any atom is -0.456 e. The van der Waals surface area contributed by atoms with Gasteiger partial charge in [-0.15, -0.1) is 0 Å². The van der Waals surface area contributed by atoms with Crippen LogP contribution >= 0.6 is 0 Å². The second kappa shape index (κ2) is 9.67. The van der Waals surface area contributed by atoms with Crippen LogP contribution in [0, 0.1) is 22.7 Å². The standard InChI is InChI=1S/C27H40N2O7/c1-26-12-17(30)22-20(16(26)8-9-18(26)31)23(32)24(33)21-15(13-29(5)11-7-10-28(3)4)25(34)36-19(14-35-6)27(21,22)2/h13,16-19,21,30-31H,7-12,14H2,1-6H3/t16?,17-,18+,19-,21?,26+,27+/m1/s1. The number of esters is 1. The summed E-state index contributed by atoms with van der Waals surface area (Å²) in [5, 5.41) is 22.2. The lowest BCUT2D eigenvalue weighted by atomic mass is 9.50. The molecule has 0 bridgehead atoms. The van der Waals surface area contributed by atoms with Crippen LogP contribution in [0.25, 0.3) is 0 Å². The van der Waals surface area contributed by atoms with E-state index in [1.54, 1.807) is 6.20 Å². The Hall–Kier alpha value is -2.07. The molecule has 7 atom stereocenters. The van der Waals surface area contributed by atoms with Crippen LogP contribution in [-0.2, 0) is 23.9 Å². The number of allylic oxidation sites excluding steroid dienone is 1. The highest BCUT2D eigenvalue weighted by Gasteiger charge is 2.66. The fourth-order valence-electron chi connectivity index (χ4n) is 7.16. The van der Waals surface area contributed by atoms with Gasteiger partial charge in [0.25, 0.3) is 0 Å². The van der Waals surface area contributed by atoms with Crippen molar-refractivity contribution in [2.75, 3.05) is 47.9 Å². The summed E-state index contributed by atoms with van der Waals surface area (Å²) in [5.41, 5.74) is -0.910. The molecule has 1 saturated carbocycles. The van der Waals surface area contributed by atoms with E-state index in [2.05, 4.69) is 4.90 Å². The number of nitrogens with zero attached hydrogens (tertiary/aromatic N) is 2. The van der Waals surface area contributed by atoms with Crippen molar-refractivity contribution in [2.24, 2.45) is 22.7 Å². The molecule has 0 spiro atoms. The predicted molar refractivity (Wildman–Crippen MR) is 132 cm³/mol. The molecule has 4 rings (SSSR count). The highest BCUT2D eigenvalue weighted by molar-refractivity contribution is 6.46. The van der Waals surface area contributed by atoms with E-state index in [1.807, 2.05) is 39.9 Å². The molecule has 36 heavy (non-hydrogen) atoms. The van der Waals surface area contributed by atoms with E-state index in [0.717, 1.165) is 13.0 Å². The first kappa shape index (κ1) is 27.0. The van der Waals surface area contributed by atoms with E-state index in [0.29, 0.717) is 30.5 Å². The molecule has 9 nitrogen and oxygen atoms in total. The smallest absolute Gasteiger partial charge is 0.336 e. The van der Waals surface area contributed by atoms with Gasteiger partial charge >= 0.3 is 5.97 Å². The predicted octanol–water partition coefficient (Wildman–Crippen LogP) is 0.938. The average Bonchev–Trinajstić information content (AvgIpc) is 3.08. The van der Waals surface area contributed by atoms with Crippen LogP contribution in [0.1, 0.15) is 39.5 Å². The number of hydrogen-bond donors (Lipinski definition) is 2. The molecular formula is C27H40N2O7. The third kappa shape index (κ3) is 4.04. The Morgan fingerprint density at radius 3 is 2.44 bits per heavy atom. The maximum atomic E-state index is 13.8. The summed E-state index contributed by atoms with van der Waals surface area (Å²) in [4.78, 5) is 44.7. The minimum absolute atomic E-state index is 0.0280. The number of aliphatic hydroxyl groups is 2. The molecule has 0 aromatic heterocycles. The largest absolute Gasteiger partial charge is 0.456 e. The van der Waals surface area contributed by atoms with Gasteiger partial charge in [-0.05, 0) is 57.8 Å². The number of hydrogen-bond acceptors (Lipinski definition) is 9. The molecule has 0 aromatic rings. The molecule has 9 heteroatoms. The van der Waals surface area contributed by atoms with E-state index in [-0.39, 0.29) is 24.5 Å². The molecule has 1 heterocycles. The number of rotatable bonds is 7. The van der Waals surface area contributed by atoms with Gasteiger partial charge in [-0.3, -0.25) is 9.59 Å².